The van der Waals surface area contributed by atoms with Crippen LogP contribution in [0.4, 0.5) is 0 Å². The molecule has 170 valence electrons. The molecule has 0 aromatic heterocycles. The fraction of sp³-hybridized carbons (Fsp3) is 0.455. The monoisotopic (exact) mass is 579 g/mol. The summed E-state index contributed by atoms with van der Waals surface area (Å²) in [6.45, 7) is -0.536. The maximum absolute atomic E-state index is 10.6. The molecule has 0 spiro atoms. The summed E-state index contributed by atoms with van der Waals surface area (Å²) >= 11 is 13.5. The third-order valence-electron chi connectivity index (χ3n) is 5.40. The van der Waals surface area contributed by atoms with Gasteiger partial charge in [-0.15, -0.1) is 0 Å². The minimum Gasteiger partial charge on any atom is -0.496 e. The Bertz CT molecular complexity index is 901. The van der Waals surface area contributed by atoms with Crippen LogP contribution in [0.2, 0.25) is 5.02 Å². The van der Waals surface area contributed by atoms with Gasteiger partial charge < -0.3 is 29.9 Å². The molecule has 31 heavy (non-hydrogen) atoms. The van der Waals surface area contributed by atoms with Crippen LogP contribution >= 0.6 is 43.5 Å². The van der Waals surface area contributed by atoms with Gasteiger partial charge in [-0.1, -0.05) is 67.7 Å². The summed E-state index contributed by atoms with van der Waals surface area (Å²) in [6, 6.07) is 11.3. The normalized spacial score (nSPS) is 27.6. The third-order valence-corrected chi connectivity index (χ3v) is 8.13. The van der Waals surface area contributed by atoms with Crippen molar-refractivity contribution in [1.29, 1.82) is 0 Å². The SMILES string of the molecule is [2H]COc1cc(Cl)c(Cc2ccc(C(Br)CBr)cc2)cc1[C@@H]1O[C@H](CO)[C@@H](O)[C@H](O)[C@H]1O. The van der Waals surface area contributed by atoms with Crippen molar-refractivity contribution in [1.82, 2.24) is 0 Å². The number of aliphatic hydroxyl groups is 4. The molecule has 2 aromatic carbocycles. The van der Waals surface area contributed by atoms with Crippen molar-refractivity contribution < 1.29 is 31.3 Å². The van der Waals surface area contributed by atoms with E-state index in [9.17, 15) is 20.4 Å². The second-order valence-electron chi connectivity index (χ2n) is 7.42. The number of rotatable bonds is 7. The second kappa shape index (κ2) is 10.9. The van der Waals surface area contributed by atoms with Crippen LogP contribution in [0.25, 0.3) is 0 Å². The maximum Gasteiger partial charge on any atom is 0.126 e. The fourth-order valence-corrected chi connectivity index (χ4v) is 4.51. The zero-order valence-corrected chi connectivity index (χ0v) is 20.4. The number of aliphatic hydroxyl groups excluding tert-OH is 4. The van der Waals surface area contributed by atoms with Crippen LogP contribution in [0.15, 0.2) is 36.4 Å². The number of ether oxygens (including phenoxy) is 2. The van der Waals surface area contributed by atoms with Crippen molar-refractivity contribution in [2.24, 2.45) is 0 Å². The quantitative estimate of drug-likeness (QED) is 0.375. The van der Waals surface area contributed by atoms with Crippen LogP contribution in [-0.2, 0) is 11.2 Å². The van der Waals surface area contributed by atoms with Gasteiger partial charge in [0.1, 0.15) is 36.3 Å². The fourth-order valence-electron chi connectivity index (χ4n) is 3.61. The number of halogens is 3. The summed E-state index contributed by atoms with van der Waals surface area (Å²) in [4.78, 5) is 0.208. The van der Waals surface area contributed by atoms with Gasteiger partial charge in [0.05, 0.1) is 15.1 Å². The molecule has 0 saturated carbocycles. The highest BCUT2D eigenvalue weighted by Crippen LogP contribution is 2.40. The van der Waals surface area contributed by atoms with Crippen molar-refractivity contribution in [2.75, 3.05) is 19.0 Å². The molecule has 1 saturated heterocycles. The molecule has 0 bridgehead atoms. The van der Waals surface area contributed by atoms with Gasteiger partial charge in [-0.3, -0.25) is 0 Å². The first-order valence-electron chi connectivity index (χ1n) is 10.3. The molecule has 1 unspecified atom stereocenters. The largest absolute Gasteiger partial charge is 0.496 e. The second-order valence-corrected chi connectivity index (χ2v) is 9.58. The van der Waals surface area contributed by atoms with Gasteiger partial charge in [0.25, 0.3) is 0 Å². The van der Waals surface area contributed by atoms with Gasteiger partial charge in [-0.25, -0.2) is 0 Å². The van der Waals surface area contributed by atoms with Gasteiger partial charge in [0.15, 0.2) is 0 Å². The molecular formula is C22H25Br2ClO6. The first kappa shape index (κ1) is 23.4. The molecule has 1 heterocycles. The van der Waals surface area contributed by atoms with Crippen molar-refractivity contribution in [3.8, 4) is 5.75 Å². The predicted octanol–water partition coefficient (Wildman–Crippen LogP) is 3.29. The zero-order valence-electron chi connectivity index (χ0n) is 17.5. The molecule has 6 atom stereocenters. The standard InChI is InChI=1S/C22H25Br2ClO6/c1-30-17-8-16(25)13(6-11-2-4-12(5-3-11)15(24)9-23)7-14(17)22-21(29)20(28)19(27)18(10-26)31-22/h2-5,7-8,15,18-22,26-29H,6,9-10H2,1H3/t15?,18-,19-,20+,21-,22+/m1/s1/i1D. The number of hydrogen-bond acceptors (Lipinski definition) is 6. The van der Waals surface area contributed by atoms with Crippen LogP contribution in [0.1, 0.15) is 34.6 Å². The van der Waals surface area contributed by atoms with Crippen molar-refractivity contribution in [3.05, 3.63) is 63.7 Å². The van der Waals surface area contributed by atoms with E-state index in [1.54, 1.807) is 12.1 Å². The highest BCUT2D eigenvalue weighted by molar-refractivity contribution is 9.12. The Morgan fingerprint density at radius 1 is 1.16 bits per heavy atom. The first-order valence-corrected chi connectivity index (χ1v) is 12.1. The smallest absolute Gasteiger partial charge is 0.126 e. The predicted molar refractivity (Wildman–Crippen MR) is 125 cm³/mol. The van der Waals surface area contributed by atoms with Crippen molar-refractivity contribution >= 4 is 43.5 Å². The average molecular weight is 582 g/mol. The van der Waals surface area contributed by atoms with Crippen molar-refractivity contribution in [2.45, 2.75) is 41.8 Å². The Morgan fingerprint density at radius 2 is 1.87 bits per heavy atom. The minimum absolute atomic E-state index is 0.208. The number of hydrogen-bond donors (Lipinski definition) is 4. The van der Waals surface area contributed by atoms with E-state index in [0.29, 0.717) is 17.0 Å². The van der Waals surface area contributed by atoms with Crippen LogP contribution in [0.3, 0.4) is 0 Å². The van der Waals surface area contributed by atoms with Crippen LogP contribution in [0, 0.1) is 0 Å². The lowest BCUT2D eigenvalue weighted by atomic mass is 9.89. The topological polar surface area (TPSA) is 99.4 Å². The average Bonchev–Trinajstić information content (AvgIpc) is 2.80. The van der Waals surface area contributed by atoms with Gasteiger partial charge in [-0.05, 0) is 35.2 Å². The molecule has 0 aliphatic carbocycles. The molecule has 4 N–H and O–H groups in total. The lowest BCUT2D eigenvalue weighted by Gasteiger charge is -2.40. The van der Waals surface area contributed by atoms with E-state index in [2.05, 4.69) is 31.9 Å². The third kappa shape index (κ3) is 5.45. The van der Waals surface area contributed by atoms with E-state index in [1.807, 2.05) is 24.3 Å². The Morgan fingerprint density at radius 3 is 2.48 bits per heavy atom. The molecule has 1 aliphatic heterocycles. The summed E-state index contributed by atoms with van der Waals surface area (Å²) in [5.41, 5.74) is 3.27. The van der Waals surface area contributed by atoms with Crippen LogP contribution in [-0.4, -0.2) is 63.9 Å². The molecule has 6 nitrogen and oxygen atoms in total. The molecule has 0 radical (unpaired) electrons. The Labute approximate surface area is 204 Å². The molecule has 1 fully saturated rings. The van der Waals surface area contributed by atoms with E-state index in [4.69, 9.17) is 22.4 Å². The lowest BCUT2D eigenvalue weighted by Crippen LogP contribution is -2.55. The van der Waals surface area contributed by atoms with E-state index in [0.717, 1.165) is 22.0 Å². The molecule has 2 aromatic rings. The highest BCUT2D eigenvalue weighted by Gasteiger charge is 2.45. The molecule has 0 amide bonds. The number of methoxy groups -OCH3 is 1. The van der Waals surface area contributed by atoms with E-state index >= 15 is 0 Å². The molecular weight excluding hydrogens is 555 g/mol. The zero-order chi connectivity index (χ0) is 23.4. The molecule has 3 rings (SSSR count). The van der Waals surface area contributed by atoms with E-state index in [1.165, 1.54) is 0 Å². The summed E-state index contributed by atoms with van der Waals surface area (Å²) in [7, 11) is -0.386. The Balaban J connectivity index is 1.95. The lowest BCUT2D eigenvalue weighted by molar-refractivity contribution is -0.232. The van der Waals surface area contributed by atoms with E-state index < -0.39 is 37.1 Å². The Kier molecular flexibility index (Phi) is 8.27. The van der Waals surface area contributed by atoms with Gasteiger partial charge in [0.2, 0.25) is 0 Å². The maximum atomic E-state index is 10.6. The van der Waals surface area contributed by atoms with E-state index in [-0.39, 0.29) is 17.7 Å². The summed E-state index contributed by atoms with van der Waals surface area (Å²) in [5.74, 6) is 0.230. The minimum atomic E-state index is -1.52. The molecule has 1 aliphatic rings. The van der Waals surface area contributed by atoms with Crippen LogP contribution < -0.4 is 4.74 Å². The number of benzene rings is 2. The summed E-state index contributed by atoms with van der Waals surface area (Å²) in [5, 5.41) is 41.6. The first-order chi connectivity index (χ1) is 15.3. The van der Waals surface area contributed by atoms with Gasteiger partial charge >= 0.3 is 0 Å². The van der Waals surface area contributed by atoms with Crippen LogP contribution in [0.5, 0.6) is 5.75 Å². The highest BCUT2D eigenvalue weighted by atomic mass is 79.9. The summed E-state index contributed by atoms with van der Waals surface area (Å²) in [6.07, 6.45) is -6.09. The molecule has 9 heteroatoms. The van der Waals surface area contributed by atoms with Gasteiger partial charge in [0, 0.05) is 20.7 Å². The summed E-state index contributed by atoms with van der Waals surface area (Å²) < 4.78 is 18.5. The van der Waals surface area contributed by atoms with Crippen molar-refractivity contribution in [3.63, 3.8) is 0 Å². The van der Waals surface area contributed by atoms with Gasteiger partial charge in [-0.2, -0.15) is 0 Å². The number of alkyl halides is 2. The Hall–Kier alpha value is -0.710.